The van der Waals surface area contributed by atoms with Gasteiger partial charge in [-0.2, -0.15) is 0 Å². The van der Waals surface area contributed by atoms with Gasteiger partial charge in [-0.05, 0) is 38.5 Å². The highest BCUT2D eigenvalue weighted by atomic mass is 16.8. The van der Waals surface area contributed by atoms with E-state index >= 15 is 0 Å². The quantitative estimate of drug-likeness (QED) is 0.0314. The van der Waals surface area contributed by atoms with Crippen molar-refractivity contribution >= 4 is 5.91 Å². The molecule has 0 aromatic rings. The van der Waals surface area contributed by atoms with Gasteiger partial charge in [0.05, 0.1) is 38.6 Å². The van der Waals surface area contributed by atoms with Gasteiger partial charge in [-0.3, -0.25) is 4.79 Å². The number of carbonyl (C=O) groups excluding carboxylic acids is 1. The maximum absolute atomic E-state index is 13.2. The lowest BCUT2D eigenvalue weighted by Gasteiger charge is -2.48. The molecule has 0 aliphatic carbocycles. The first-order valence-electron chi connectivity index (χ1n) is 26.4. The van der Waals surface area contributed by atoms with E-state index in [4.69, 9.17) is 28.4 Å². The minimum Gasteiger partial charge on any atom is -0.394 e. The molecule has 19 nitrogen and oxygen atoms in total. The van der Waals surface area contributed by atoms with E-state index in [1.165, 1.54) is 77.0 Å². The van der Waals surface area contributed by atoms with Gasteiger partial charge in [0, 0.05) is 6.42 Å². The summed E-state index contributed by atoms with van der Waals surface area (Å²) in [5.74, 6) is -0.253. The Balaban J connectivity index is 1.45. The van der Waals surface area contributed by atoms with Crippen LogP contribution in [0.5, 0.6) is 0 Å². The maximum atomic E-state index is 13.2. The molecule has 17 atom stereocenters. The molecule has 1 amide bonds. The van der Waals surface area contributed by atoms with Crippen LogP contribution in [0.4, 0.5) is 0 Å². The molecule has 17 unspecified atom stereocenters. The van der Waals surface area contributed by atoms with Gasteiger partial charge in [-0.15, -0.1) is 0 Å². The zero-order valence-corrected chi connectivity index (χ0v) is 41.5. The standard InChI is InChI=1S/C50H93NO18/c1-3-5-7-9-10-11-12-13-14-15-16-17-18-19-20-21-22-24-26-28-38(56)51-33(34(55)27-25-23-8-6-4-2)32-64-48-44(62)41(59)46(36(30-53)66-48)69-50-45(63)42(60)47(37(31-54)67-50)68-49-43(61)40(58)39(57)35(29-52)65-49/h13-14,33-37,39-50,52-55,57-63H,3-12,15-32H2,1-2H3,(H,51,56)/b14-13-. The Morgan fingerprint density at radius 3 is 1.41 bits per heavy atom. The Morgan fingerprint density at radius 1 is 0.507 bits per heavy atom. The smallest absolute Gasteiger partial charge is 0.220 e. The van der Waals surface area contributed by atoms with E-state index in [0.29, 0.717) is 12.8 Å². The van der Waals surface area contributed by atoms with Crippen molar-refractivity contribution in [2.75, 3.05) is 26.4 Å². The Hall–Kier alpha value is -1.47. The minimum atomic E-state index is -1.97. The Bertz CT molecular complexity index is 1330. The summed E-state index contributed by atoms with van der Waals surface area (Å²) in [4.78, 5) is 13.2. The molecular formula is C50H93NO18. The number of hydrogen-bond acceptors (Lipinski definition) is 18. The van der Waals surface area contributed by atoms with Gasteiger partial charge in [-0.1, -0.05) is 135 Å². The summed E-state index contributed by atoms with van der Waals surface area (Å²) in [6, 6.07) is -0.880. The third kappa shape index (κ3) is 21.5. The van der Waals surface area contributed by atoms with E-state index in [1.54, 1.807) is 0 Å². The number of allylic oxidation sites excluding steroid dienone is 2. The average molecular weight is 996 g/mol. The predicted octanol–water partition coefficient (Wildman–Crippen LogP) is 2.26. The van der Waals surface area contributed by atoms with Crippen molar-refractivity contribution in [3.63, 3.8) is 0 Å². The zero-order chi connectivity index (χ0) is 50.6. The zero-order valence-electron chi connectivity index (χ0n) is 41.5. The molecule has 3 rings (SSSR count). The molecule has 0 aromatic carbocycles. The van der Waals surface area contributed by atoms with Crippen molar-refractivity contribution in [1.82, 2.24) is 5.32 Å². The van der Waals surface area contributed by atoms with E-state index < -0.39 is 124 Å². The lowest BCUT2D eigenvalue weighted by atomic mass is 9.96. The van der Waals surface area contributed by atoms with E-state index in [1.807, 2.05) is 0 Å². The molecule has 3 fully saturated rings. The number of hydrogen-bond donors (Lipinski definition) is 12. The summed E-state index contributed by atoms with van der Waals surface area (Å²) in [6.45, 7) is 1.65. The lowest BCUT2D eigenvalue weighted by Crippen LogP contribution is -2.66. The van der Waals surface area contributed by atoms with Crippen LogP contribution in [0.2, 0.25) is 0 Å². The van der Waals surface area contributed by atoms with Crippen LogP contribution in [0.3, 0.4) is 0 Å². The number of ether oxygens (including phenoxy) is 6. The summed E-state index contributed by atoms with van der Waals surface area (Å²) >= 11 is 0. The fourth-order valence-corrected chi connectivity index (χ4v) is 9.13. The van der Waals surface area contributed by atoms with Gasteiger partial charge in [0.2, 0.25) is 5.91 Å². The SMILES string of the molecule is CCCCCCCC/C=C\CCCCCCCCCCCC(=O)NC(COC1OC(CO)C(OC2OC(CO)C(OC3OC(CO)C(O)C(O)C3O)C(O)C2O)C(O)C1O)C(O)CCCCCCC. The molecule has 19 heteroatoms. The normalized spacial score (nSPS) is 32.9. The van der Waals surface area contributed by atoms with Crippen LogP contribution in [0, 0.1) is 0 Å². The molecule has 3 aliphatic heterocycles. The first-order chi connectivity index (χ1) is 33.3. The lowest BCUT2D eigenvalue weighted by molar-refractivity contribution is -0.379. The highest BCUT2D eigenvalue weighted by molar-refractivity contribution is 5.76. The van der Waals surface area contributed by atoms with Gasteiger partial charge < -0.3 is 89.9 Å². The summed E-state index contributed by atoms with van der Waals surface area (Å²) in [6.07, 6.45) is 3.84. The summed E-state index contributed by atoms with van der Waals surface area (Å²) in [5.41, 5.74) is 0. The maximum Gasteiger partial charge on any atom is 0.220 e. The summed E-state index contributed by atoms with van der Waals surface area (Å²) < 4.78 is 34.0. The van der Waals surface area contributed by atoms with Crippen molar-refractivity contribution in [3.05, 3.63) is 12.2 Å². The first-order valence-corrected chi connectivity index (χ1v) is 26.4. The fourth-order valence-electron chi connectivity index (χ4n) is 9.13. The number of aliphatic hydroxyl groups excluding tert-OH is 11. The molecule has 3 heterocycles. The molecule has 69 heavy (non-hydrogen) atoms. The van der Waals surface area contributed by atoms with Crippen LogP contribution >= 0.6 is 0 Å². The number of unbranched alkanes of at least 4 members (excludes halogenated alkanes) is 19. The van der Waals surface area contributed by atoms with Gasteiger partial charge in [-0.25, -0.2) is 0 Å². The van der Waals surface area contributed by atoms with Crippen LogP contribution < -0.4 is 5.32 Å². The summed E-state index contributed by atoms with van der Waals surface area (Å²) in [5, 5.41) is 119. The van der Waals surface area contributed by atoms with Crippen LogP contribution in [0.15, 0.2) is 12.2 Å². The molecule has 0 saturated carbocycles. The van der Waals surface area contributed by atoms with Crippen molar-refractivity contribution in [2.24, 2.45) is 0 Å². The molecule has 406 valence electrons. The Morgan fingerprint density at radius 2 is 0.913 bits per heavy atom. The van der Waals surface area contributed by atoms with Gasteiger partial charge >= 0.3 is 0 Å². The van der Waals surface area contributed by atoms with E-state index in [0.717, 1.165) is 57.8 Å². The number of rotatable bonds is 37. The second-order valence-corrected chi connectivity index (χ2v) is 19.3. The molecule has 0 radical (unpaired) electrons. The number of carbonyl (C=O) groups is 1. The molecule has 0 bridgehead atoms. The number of nitrogens with one attached hydrogen (secondary N) is 1. The Kier molecular flexibility index (Phi) is 31.9. The monoisotopic (exact) mass is 996 g/mol. The molecular weight excluding hydrogens is 903 g/mol. The second kappa shape index (κ2) is 35.6. The van der Waals surface area contributed by atoms with E-state index in [9.17, 15) is 61.0 Å². The molecule has 12 N–H and O–H groups in total. The van der Waals surface area contributed by atoms with E-state index in [2.05, 4.69) is 31.3 Å². The van der Waals surface area contributed by atoms with Crippen LogP contribution in [0.25, 0.3) is 0 Å². The highest BCUT2D eigenvalue weighted by Gasteiger charge is 2.53. The van der Waals surface area contributed by atoms with Crippen LogP contribution in [-0.4, -0.2) is 193 Å². The first kappa shape index (κ1) is 61.8. The number of aliphatic hydroxyl groups is 11. The van der Waals surface area contributed by atoms with Crippen molar-refractivity contribution in [2.45, 2.75) is 272 Å². The Labute approximate surface area is 410 Å². The minimum absolute atomic E-state index is 0.253. The third-order valence-corrected chi connectivity index (χ3v) is 13.6. The molecule has 3 saturated heterocycles. The topological polar surface area (TPSA) is 307 Å². The van der Waals surface area contributed by atoms with Crippen molar-refractivity contribution < 1.29 is 89.4 Å². The third-order valence-electron chi connectivity index (χ3n) is 13.6. The van der Waals surface area contributed by atoms with Crippen LogP contribution in [-0.2, 0) is 33.2 Å². The van der Waals surface area contributed by atoms with Crippen molar-refractivity contribution in [1.29, 1.82) is 0 Å². The van der Waals surface area contributed by atoms with Gasteiger partial charge in [0.15, 0.2) is 18.9 Å². The van der Waals surface area contributed by atoms with Gasteiger partial charge in [0.25, 0.3) is 0 Å². The predicted molar refractivity (Wildman–Crippen MR) is 254 cm³/mol. The average Bonchev–Trinajstić information content (AvgIpc) is 3.34. The summed E-state index contributed by atoms with van der Waals surface area (Å²) in [7, 11) is 0. The van der Waals surface area contributed by atoms with E-state index in [-0.39, 0.29) is 18.9 Å². The van der Waals surface area contributed by atoms with Gasteiger partial charge in [0.1, 0.15) is 73.2 Å². The molecule has 3 aliphatic rings. The number of amides is 1. The van der Waals surface area contributed by atoms with Crippen molar-refractivity contribution in [3.8, 4) is 0 Å². The largest absolute Gasteiger partial charge is 0.394 e. The second-order valence-electron chi connectivity index (χ2n) is 19.3. The highest BCUT2D eigenvalue weighted by Crippen LogP contribution is 2.33. The molecule has 0 aromatic heterocycles. The van der Waals surface area contributed by atoms with Crippen LogP contribution in [0.1, 0.15) is 168 Å². The molecule has 0 spiro atoms. The fraction of sp³-hybridized carbons (Fsp3) is 0.940.